The van der Waals surface area contributed by atoms with Crippen LogP contribution in [0.5, 0.6) is 0 Å². The largest absolute Gasteiger partial charge is 0.469 e. The summed E-state index contributed by atoms with van der Waals surface area (Å²) in [5, 5.41) is 0.418. The van der Waals surface area contributed by atoms with Gasteiger partial charge >= 0.3 is 17.9 Å². The maximum atomic E-state index is 14.9. The Kier molecular flexibility index (Phi) is 8.95. The highest BCUT2D eigenvalue weighted by Gasteiger charge is 2.72. The molecule has 1 saturated carbocycles. The molecule has 0 amide bonds. The monoisotopic (exact) mass is 572 g/mol. The van der Waals surface area contributed by atoms with E-state index in [2.05, 4.69) is 11.8 Å². The maximum absolute atomic E-state index is 14.9. The van der Waals surface area contributed by atoms with Crippen molar-refractivity contribution in [3.63, 3.8) is 0 Å². The Balaban J connectivity index is 2.16. The van der Waals surface area contributed by atoms with Crippen LogP contribution in [0.2, 0.25) is 5.02 Å². The number of carbonyl (C=O) groups excluding carboxylic acids is 4. The summed E-state index contributed by atoms with van der Waals surface area (Å²) in [5.74, 6) is 1.30. The van der Waals surface area contributed by atoms with Gasteiger partial charge in [-0.1, -0.05) is 72.0 Å². The standard InChI is InChI=1S/C33H29ClO7/c1-39-27(35)20-25-21-33(30(37)40-2,31(38)41-3)28(23-12-8-5-9-13-23)32(25,19-18-22-10-6-4-7-11-22)29(36)24-14-16-26(34)17-15-24/h4-17,25,28H,20-21H2,1-3H3/t25?,28-,32+/m0/s1. The summed E-state index contributed by atoms with van der Waals surface area (Å²) in [5.41, 5.74) is -2.44. The van der Waals surface area contributed by atoms with E-state index in [1.165, 1.54) is 21.3 Å². The molecule has 3 aromatic carbocycles. The van der Waals surface area contributed by atoms with Crippen LogP contribution in [0.3, 0.4) is 0 Å². The molecule has 7 nitrogen and oxygen atoms in total. The first kappa shape index (κ1) is 29.6. The lowest BCUT2D eigenvalue weighted by atomic mass is 9.60. The van der Waals surface area contributed by atoms with Crippen LogP contribution < -0.4 is 0 Å². The molecular weight excluding hydrogens is 544 g/mol. The lowest BCUT2D eigenvalue weighted by Gasteiger charge is -2.38. The van der Waals surface area contributed by atoms with Crippen molar-refractivity contribution >= 4 is 35.3 Å². The summed E-state index contributed by atoms with van der Waals surface area (Å²) < 4.78 is 15.4. The van der Waals surface area contributed by atoms with Crippen molar-refractivity contribution in [1.29, 1.82) is 0 Å². The van der Waals surface area contributed by atoms with Gasteiger partial charge in [-0.2, -0.15) is 0 Å². The van der Waals surface area contributed by atoms with Gasteiger partial charge in [-0.3, -0.25) is 19.2 Å². The molecule has 3 aromatic rings. The predicted molar refractivity (Wildman–Crippen MR) is 152 cm³/mol. The van der Waals surface area contributed by atoms with E-state index in [4.69, 9.17) is 25.8 Å². The van der Waals surface area contributed by atoms with Gasteiger partial charge in [0.05, 0.1) is 27.8 Å². The molecule has 1 aliphatic rings. The zero-order chi connectivity index (χ0) is 29.6. The number of ketones is 1. The molecule has 3 atom stereocenters. The van der Waals surface area contributed by atoms with Gasteiger partial charge in [0, 0.05) is 22.1 Å². The van der Waals surface area contributed by atoms with Crippen LogP contribution in [0, 0.1) is 28.6 Å². The highest BCUT2D eigenvalue weighted by molar-refractivity contribution is 6.30. The zero-order valence-electron chi connectivity index (χ0n) is 22.9. The second kappa shape index (κ2) is 12.4. The predicted octanol–water partition coefficient (Wildman–Crippen LogP) is 5.26. The summed E-state index contributed by atoms with van der Waals surface area (Å²) in [4.78, 5) is 55.2. The van der Waals surface area contributed by atoms with Crippen molar-refractivity contribution in [3.8, 4) is 11.8 Å². The third-order valence-corrected chi connectivity index (χ3v) is 7.95. The maximum Gasteiger partial charge on any atom is 0.323 e. The number of benzene rings is 3. The first-order chi connectivity index (χ1) is 19.7. The van der Waals surface area contributed by atoms with Crippen LogP contribution in [0.25, 0.3) is 0 Å². The second-order valence-corrected chi connectivity index (χ2v) is 10.2. The van der Waals surface area contributed by atoms with E-state index in [-0.39, 0.29) is 18.4 Å². The lowest BCUT2D eigenvalue weighted by molar-refractivity contribution is -0.170. The third kappa shape index (κ3) is 5.36. The summed E-state index contributed by atoms with van der Waals surface area (Å²) >= 11 is 6.14. The zero-order valence-corrected chi connectivity index (χ0v) is 23.6. The van der Waals surface area contributed by atoms with E-state index in [1.807, 2.05) is 6.07 Å². The number of carbonyl (C=O) groups is 4. The average molecular weight is 573 g/mol. The second-order valence-electron chi connectivity index (χ2n) is 9.80. The summed E-state index contributed by atoms with van der Waals surface area (Å²) in [7, 11) is 3.57. The van der Waals surface area contributed by atoms with Gasteiger partial charge in [0.2, 0.25) is 0 Å². The fraction of sp³-hybridized carbons (Fsp3) is 0.273. The van der Waals surface area contributed by atoms with Gasteiger partial charge in [-0.25, -0.2) is 0 Å². The number of halogens is 1. The number of ether oxygens (including phenoxy) is 3. The average Bonchev–Trinajstić information content (AvgIpc) is 3.31. The third-order valence-electron chi connectivity index (χ3n) is 7.70. The normalized spacial score (nSPS) is 20.7. The summed E-state index contributed by atoms with van der Waals surface area (Å²) in [6.07, 6.45) is -0.540. The van der Waals surface area contributed by atoms with Gasteiger partial charge < -0.3 is 14.2 Å². The van der Waals surface area contributed by atoms with Crippen molar-refractivity contribution in [2.24, 2.45) is 16.7 Å². The van der Waals surface area contributed by atoms with Crippen molar-refractivity contribution in [2.45, 2.75) is 18.8 Å². The van der Waals surface area contributed by atoms with E-state index in [9.17, 15) is 19.2 Å². The molecule has 0 aliphatic heterocycles. The van der Waals surface area contributed by atoms with Crippen LogP contribution in [-0.4, -0.2) is 45.0 Å². The summed E-state index contributed by atoms with van der Waals surface area (Å²) in [6, 6.07) is 24.0. The van der Waals surface area contributed by atoms with Gasteiger partial charge in [-0.05, 0) is 54.3 Å². The molecule has 0 heterocycles. The quantitative estimate of drug-likeness (QED) is 0.125. The first-order valence-corrected chi connectivity index (χ1v) is 13.3. The molecule has 0 bridgehead atoms. The minimum absolute atomic E-state index is 0.246. The van der Waals surface area contributed by atoms with Crippen LogP contribution in [0.4, 0.5) is 0 Å². The Hall–Kier alpha value is -4.41. The molecule has 4 rings (SSSR count). The molecule has 1 unspecified atom stereocenters. The molecule has 8 heteroatoms. The Labute approximate surface area is 243 Å². The molecule has 0 saturated heterocycles. The molecule has 0 spiro atoms. The van der Waals surface area contributed by atoms with E-state index in [0.717, 1.165) is 0 Å². The molecular formula is C33H29ClO7. The lowest BCUT2D eigenvalue weighted by Crippen LogP contribution is -2.48. The van der Waals surface area contributed by atoms with E-state index in [0.29, 0.717) is 16.1 Å². The fourth-order valence-corrected chi connectivity index (χ4v) is 6.06. The van der Waals surface area contributed by atoms with Gasteiger partial charge in [-0.15, -0.1) is 0 Å². The van der Waals surface area contributed by atoms with Crippen LogP contribution >= 0.6 is 11.6 Å². The minimum Gasteiger partial charge on any atom is -0.469 e. The van der Waals surface area contributed by atoms with E-state index < -0.39 is 46.4 Å². The van der Waals surface area contributed by atoms with Crippen LogP contribution in [0.1, 0.15) is 40.2 Å². The van der Waals surface area contributed by atoms with Gasteiger partial charge in [0.15, 0.2) is 11.2 Å². The number of methoxy groups -OCH3 is 3. The number of esters is 3. The van der Waals surface area contributed by atoms with Crippen molar-refractivity contribution in [1.82, 2.24) is 0 Å². The minimum atomic E-state index is -2.00. The number of hydrogen-bond acceptors (Lipinski definition) is 7. The first-order valence-electron chi connectivity index (χ1n) is 12.9. The van der Waals surface area contributed by atoms with Gasteiger partial charge in [0.25, 0.3) is 0 Å². The SMILES string of the molecule is COC(=O)CC1CC(C(=O)OC)(C(=O)OC)[C@@H](c2ccccc2)[C@]1(C#Cc1ccccc1)C(=O)c1ccc(Cl)cc1. The molecule has 1 aliphatic carbocycles. The molecule has 1 fully saturated rings. The van der Waals surface area contributed by atoms with Crippen LogP contribution in [0.15, 0.2) is 84.9 Å². The Bertz CT molecular complexity index is 1470. The molecule has 0 radical (unpaired) electrons. The van der Waals surface area contributed by atoms with Gasteiger partial charge in [0.1, 0.15) is 5.41 Å². The Morgan fingerprint density at radius 2 is 1.37 bits per heavy atom. The van der Waals surface area contributed by atoms with Crippen molar-refractivity contribution in [3.05, 3.63) is 107 Å². The molecule has 210 valence electrons. The molecule has 0 N–H and O–H groups in total. The smallest absolute Gasteiger partial charge is 0.323 e. The van der Waals surface area contributed by atoms with Crippen molar-refractivity contribution < 1.29 is 33.4 Å². The number of Topliss-reactive ketones (excluding diaryl/α,β-unsaturated/α-hetero) is 1. The van der Waals surface area contributed by atoms with Crippen molar-refractivity contribution in [2.75, 3.05) is 21.3 Å². The summed E-state index contributed by atoms with van der Waals surface area (Å²) in [6.45, 7) is 0. The topological polar surface area (TPSA) is 96.0 Å². The van der Waals surface area contributed by atoms with E-state index >= 15 is 0 Å². The highest BCUT2D eigenvalue weighted by Crippen LogP contribution is 2.65. The number of hydrogen-bond donors (Lipinski definition) is 0. The Morgan fingerprint density at radius 1 is 0.805 bits per heavy atom. The Morgan fingerprint density at radius 3 is 1.90 bits per heavy atom. The fourth-order valence-electron chi connectivity index (χ4n) is 5.94. The number of rotatable bonds is 7. The van der Waals surface area contributed by atoms with Crippen LogP contribution in [-0.2, 0) is 28.6 Å². The highest BCUT2D eigenvalue weighted by atomic mass is 35.5. The molecule has 41 heavy (non-hydrogen) atoms. The van der Waals surface area contributed by atoms with E-state index in [1.54, 1.807) is 78.9 Å². The molecule has 0 aromatic heterocycles.